The van der Waals surface area contributed by atoms with Crippen LogP contribution < -0.4 is 10.2 Å². The first-order chi connectivity index (χ1) is 13.7. The molecule has 1 amide bonds. The molecular weight excluding hydrogens is 353 g/mol. The highest BCUT2D eigenvalue weighted by Crippen LogP contribution is 2.43. The Morgan fingerprint density at radius 2 is 1.64 bits per heavy atom. The minimum atomic E-state index is -0.317. The van der Waals surface area contributed by atoms with Crippen LogP contribution in [0.5, 0.6) is 0 Å². The fraction of sp³-hybridized carbons (Fsp3) is 0.435. The molecule has 0 aromatic heterocycles. The maximum atomic E-state index is 13.1. The lowest BCUT2D eigenvalue weighted by molar-refractivity contribution is -0.130. The highest BCUT2D eigenvalue weighted by atomic mass is 19.1. The van der Waals surface area contributed by atoms with E-state index in [0.29, 0.717) is 6.54 Å². The number of rotatable bonds is 6. The van der Waals surface area contributed by atoms with Crippen LogP contribution >= 0.6 is 0 Å². The Labute approximate surface area is 166 Å². The van der Waals surface area contributed by atoms with E-state index in [9.17, 15) is 9.18 Å². The fourth-order valence-electron chi connectivity index (χ4n) is 4.31. The molecule has 5 heteroatoms. The maximum absolute atomic E-state index is 13.1. The number of hydrogen-bond donors (Lipinski definition) is 1. The first-order valence-corrected chi connectivity index (χ1v) is 10.2. The monoisotopic (exact) mass is 381 g/mol. The van der Waals surface area contributed by atoms with Crippen LogP contribution in [0.15, 0.2) is 54.6 Å². The van der Waals surface area contributed by atoms with Gasteiger partial charge in [-0.15, -0.1) is 0 Å². The molecule has 1 N–H and O–H groups in total. The molecular formula is C23H28FN3O. The zero-order valence-electron chi connectivity index (χ0n) is 16.2. The van der Waals surface area contributed by atoms with Gasteiger partial charge in [0.05, 0.1) is 5.41 Å². The zero-order chi connectivity index (χ0) is 19.4. The summed E-state index contributed by atoms with van der Waals surface area (Å²) in [5, 5.41) is 3.18. The van der Waals surface area contributed by atoms with E-state index in [4.69, 9.17) is 0 Å². The molecule has 2 aromatic carbocycles. The van der Waals surface area contributed by atoms with Gasteiger partial charge in [-0.2, -0.15) is 0 Å². The van der Waals surface area contributed by atoms with E-state index < -0.39 is 0 Å². The van der Waals surface area contributed by atoms with Crippen LogP contribution in [0, 0.1) is 5.82 Å². The highest BCUT2D eigenvalue weighted by Gasteiger charge is 2.45. The van der Waals surface area contributed by atoms with E-state index in [1.165, 1.54) is 12.1 Å². The minimum Gasteiger partial charge on any atom is -0.369 e. The number of nitrogens with zero attached hydrogens (tertiary/aromatic N) is 2. The van der Waals surface area contributed by atoms with Gasteiger partial charge in [0.2, 0.25) is 5.91 Å². The Morgan fingerprint density at radius 3 is 2.25 bits per heavy atom. The number of halogens is 1. The molecule has 1 saturated carbocycles. The number of benzene rings is 2. The van der Waals surface area contributed by atoms with E-state index in [1.807, 2.05) is 30.3 Å². The van der Waals surface area contributed by atoms with E-state index >= 15 is 0 Å². The van der Waals surface area contributed by atoms with Crippen LogP contribution in [0.4, 0.5) is 10.1 Å². The standard InChI is InChI=1S/C23H28FN3O/c24-20-7-9-21(10-8-20)27-17-15-26(16-18-27)14-13-25-22(28)23(11-4-12-23)19-5-2-1-3-6-19/h1-3,5-10H,4,11-18H2,(H,25,28). The topological polar surface area (TPSA) is 35.6 Å². The molecule has 148 valence electrons. The smallest absolute Gasteiger partial charge is 0.230 e. The second-order valence-electron chi connectivity index (χ2n) is 7.86. The molecule has 4 nitrogen and oxygen atoms in total. The molecule has 4 rings (SSSR count). The summed E-state index contributed by atoms with van der Waals surface area (Å²) in [6.07, 6.45) is 3.01. The molecule has 0 radical (unpaired) electrons. The van der Waals surface area contributed by atoms with Crippen molar-refractivity contribution >= 4 is 11.6 Å². The quantitative estimate of drug-likeness (QED) is 0.835. The number of amides is 1. The Kier molecular flexibility index (Phi) is 5.62. The van der Waals surface area contributed by atoms with E-state index in [0.717, 1.165) is 63.2 Å². The summed E-state index contributed by atoms with van der Waals surface area (Å²) in [6.45, 7) is 5.31. The third-order valence-corrected chi connectivity index (χ3v) is 6.25. The average Bonchev–Trinajstić information content (AvgIpc) is 2.69. The fourth-order valence-corrected chi connectivity index (χ4v) is 4.31. The van der Waals surface area contributed by atoms with Gasteiger partial charge in [-0.3, -0.25) is 9.69 Å². The summed E-state index contributed by atoms with van der Waals surface area (Å²) in [6, 6.07) is 16.9. The van der Waals surface area contributed by atoms with Crippen molar-refractivity contribution in [1.29, 1.82) is 0 Å². The third-order valence-electron chi connectivity index (χ3n) is 6.25. The van der Waals surface area contributed by atoms with Crippen LogP contribution in [-0.4, -0.2) is 50.1 Å². The van der Waals surface area contributed by atoms with Gasteiger partial charge in [-0.25, -0.2) is 4.39 Å². The molecule has 1 aliphatic carbocycles. The van der Waals surface area contributed by atoms with Crippen LogP contribution in [-0.2, 0) is 10.2 Å². The van der Waals surface area contributed by atoms with Gasteiger partial charge in [0, 0.05) is 45.0 Å². The Hall–Kier alpha value is -2.40. The van der Waals surface area contributed by atoms with E-state index in [1.54, 1.807) is 0 Å². The van der Waals surface area contributed by atoms with Crippen LogP contribution in [0.3, 0.4) is 0 Å². The van der Waals surface area contributed by atoms with Gasteiger partial charge >= 0.3 is 0 Å². The van der Waals surface area contributed by atoms with Crippen molar-refractivity contribution in [1.82, 2.24) is 10.2 Å². The van der Waals surface area contributed by atoms with Gasteiger partial charge < -0.3 is 10.2 Å². The van der Waals surface area contributed by atoms with Crippen molar-refractivity contribution in [3.8, 4) is 0 Å². The summed E-state index contributed by atoms with van der Waals surface area (Å²) in [4.78, 5) is 17.6. The molecule has 28 heavy (non-hydrogen) atoms. The second-order valence-corrected chi connectivity index (χ2v) is 7.86. The number of piperazine rings is 1. The molecule has 1 heterocycles. The molecule has 0 spiro atoms. The predicted molar refractivity (Wildman–Crippen MR) is 110 cm³/mol. The number of hydrogen-bond acceptors (Lipinski definition) is 3. The SMILES string of the molecule is O=C(NCCN1CCN(c2ccc(F)cc2)CC1)C1(c2ccccc2)CCC1. The Morgan fingerprint density at radius 1 is 0.964 bits per heavy atom. The van der Waals surface area contributed by atoms with Crippen molar-refractivity contribution in [3.05, 3.63) is 66.0 Å². The van der Waals surface area contributed by atoms with Gasteiger partial charge in [0.1, 0.15) is 5.82 Å². The number of carbonyl (C=O) groups is 1. The lowest BCUT2D eigenvalue weighted by Crippen LogP contribution is -2.52. The molecule has 0 bridgehead atoms. The maximum Gasteiger partial charge on any atom is 0.230 e. The normalized spacial score (nSPS) is 19.1. The van der Waals surface area contributed by atoms with Crippen molar-refractivity contribution < 1.29 is 9.18 Å². The van der Waals surface area contributed by atoms with Crippen molar-refractivity contribution in [2.75, 3.05) is 44.2 Å². The van der Waals surface area contributed by atoms with E-state index in [-0.39, 0.29) is 17.1 Å². The van der Waals surface area contributed by atoms with Gasteiger partial charge in [0.25, 0.3) is 0 Å². The Balaban J connectivity index is 1.24. The second kappa shape index (κ2) is 8.31. The van der Waals surface area contributed by atoms with Crippen LogP contribution in [0.1, 0.15) is 24.8 Å². The number of nitrogens with one attached hydrogen (secondary N) is 1. The predicted octanol–water partition coefficient (Wildman–Crippen LogP) is 3.19. The molecule has 1 aliphatic heterocycles. The number of carbonyl (C=O) groups excluding carboxylic acids is 1. The first-order valence-electron chi connectivity index (χ1n) is 10.2. The molecule has 2 fully saturated rings. The van der Waals surface area contributed by atoms with Crippen LogP contribution in [0.2, 0.25) is 0 Å². The Bertz CT molecular complexity index is 781. The van der Waals surface area contributed by atoms with Crippen molar-refractivity contribution in [2.24, 2.45) is 0 Å². The molecule has 1 saturated heterocycles. The molecule has 0 unspecified atom stereocenters. The largest absolute Gasteiger partial charge is 0.369 e. The van der Waals surface area contributed by atoms with Gasteiger partial charge in [-0.1, -0.05) is 36.8 Å². The summed E-state index contributed by atoms with van der Waals surface area (Å²) in [5.74, 6) is -0.0206. The highest BCUT2D eigenvalue weighted by molar-refractivity contribution is 5.89. The van der Waals surface area contributed by atoms with Crippen molar-refractivity contribution in [2.45, 2.75) is 24.7 Å². The third kappa shape index (κ3) is 3.90. The summed E-state index contributed by atoms with van der Waals surface area (Å²) >= 11 is 0. The minimum absolute atomic E-state index is 0.176. The number of anilines is 1. The lowest BCUT2D eigenvalue weighted by Gasteiger charge is -2.41. The summed E-state index contributed by atoms with van der Waals surface area (Å²) < 4.78 is 13.1. The van der Waals surface area contributed by atoms with Crippen molar-refractivity contribution in [3.63, 3.8) is 0 Å². The van der Waals surface area contributed by atoms with Gasteiger partial charge in [0.15, 0.2) is 0 Å². The van der Waals surface area contributed by atoms with Crippen LogP contribution in [0.25, 0.3) is 0 Å². The molecule has 0 atom stereocenters. The molecule has 2 aliphatic rings. The van der Waals surface area contributed by atoms with E-state index in [2.05, 4.69) is 27.2 Å². The lowest BCUT2D eigenvalue weighted by atomic mass is 9.64. The average molecular weight is 381 g/mol. The molecule has 2 aromatic rings. The first kappa shape index (κ1) is 18.9. The summed E-state index contributed by atoms with van der Waals surface area (Å²) in [7, 11) is 0. The van der Waals surface area contributed by atoms with Gasteiger partial charge in [-0.05, 0) is 42.7 Å². The summed E-state index contributed by atoms with van der Waals surface area (Å²) in [5.41, 5.74) is 1.90. The zero-order valence-corrected chi connectivity index (χ0v) is 16.2.